The second-order valence-corrected chi connectivity index (χ2v) is 5.74. The molecule has 106 valence electrons. The van der Waals surface area contributed by atoms with Crippen molar-refractivity contribution in [2.24, 2.45) is 0 Å². The average Bonchev–Trinajstić information content (AvgIpc) is 2.27. The standard InChI is InChI=1S/C15H23NO3/c1-10(17)12-6-8-13(9-7-12)19-11(2)14(18)16-15(3,4)5/h6-11,17H,1-5H3,(H,16,18)/t10-,11?/m1/s1. The van der Waals surface area contributed by atoms with Gasteiger partial charge in [0.25, 0.3) is 5.91 Å². The molecule has 1 aromatic rings. The van der Waals surface area contributed by atoms with Gasteiger partial charge >= 0.3 is 0 Å². The summed E-state index contributed by atoms with van der Waals surface area (Å²) >= 11 is 0. The minimum absolute atomic E-state index is 0.146. The summed E-state index contributed by atoms with van der Waals surface area (Å²) in [5.74, 6) is 0.466. The van der Waals surface area contributed by atoms with Crippen LogP contribution in [0.15, 0.2) is 24.3 Å². The molecular formula is C15H23NO3. The minimum atomic E-state index is -0.559. The predicted molar refractivity (Wildman–Crippen MR) is 75.1 cm³/mol. The number of nitrogens with one attached hydrogen (secondary N) is 1. The van der Waals surface area contributed by atoms with Crippen molar-refractivity contribution in [1.82, 2.24) is 5.32 Å². The zero-order valence-corrected chi connectivity index (χ0v) is 12.2. The van der Waals surface area contributed by atoms with Crippen molar-refractivity contribution in [3.63, 3.8) is 0 Å². The molecule has 2 atom stereocenters. The number of benzene rings is 1. The van der Waals surface area contributed by atoms with E-state index in [-0.39, 0.29) is 11.4 Å². The number of ether oxygens (including phenoxy) is 1. The van der Waals surface area contributed by atoms with E-state index >= 15 is 0 Å². The van der Waals surface area contributed by atoms with Crippen LogP contribution in [0.2, 0.25) is 0 Å². The molecule has 0 aliphatic rings. The van der Waals surface area contributed by atoms with Crippen molar-refractivity contribution in [2.75, 3.05) is 0 Å². The maximum atomic E-state index is 11.9. The number of hydrogen-bond donors (Lipinski definition) is 2. The van der Waals surface area contributed by atoms with E-state index < -0.39 is 12.2 Å². The second-order valence-electron chi connectivity index (χ2n) is 5.74. The molecule has 4 nitrogen and oxygen atoms in total. The van der Waals surface area contributed by atoms with Gasteiger partial charge in [-0.15, -0.1) is 0 Å². The second kappa shape index (κ2) is 6.06. The lowest BCUT2D eigenvalue weighted by Gasteiger charge is -2.23. The van der Waals surface area contributed by atoms with Crippen molar-refractivity contribution in [3.8, 4) is 5.75 Å². The number of aliphatic hydroxyl groups excluding tert-OH is 1. The Kier molecular flexibility index (Phi) is 4.95. The van der Waals surface area contributed by atoms with Crippen molar-refractivity contribution < 1.29 is 14.6 Å². The van der Waals surface area contributed by atoms with Gasteiger partial charge in [0.05, 0.1) is 6.10 Å². The number of hydrogen-bond acceptors (Lipinski definition) is 3. The number of carbonyl (C=O) groups is 1. The highest BCUT2D eigenvalue weighted by molar-refractivity contribution is 5.81. The molecule has 0 fully saturated rings. The number of rotatable bonds is 4. The summed E-state index contributed by atoms with van der Waals surface area (Å²) in [5.41, 5.74) is 0.546. The Morgan fingerprint density at radius 1 is 1.21 bits per heavy atom. The highest BCUT2D eigenvalue weighted by Crippen LogP contribution is 2.18. The van der Waals surface area contributed by atoms with Crippen LogP contribution in [0.1, 0.15) is 46.3 Å². The number of amides is 1. The van der Waals surface area contributed by atoms with Gasteiger partial charge in [-0.25, -0.2) is 0 Å². The lowest BCUT2D eigenvalue weighted by molar-refractivity contribution is -0.128. The Labute approximate surface area is 114 Å². The van der Waals surface area contributed by atoms with Crippen molar-refractivity contribution in [2.45, 2.75) is 52.4 Å². The van der Waals surface area contributed by atoms with Crippen LogP contribution in [0.25, 0.3) is 0 Å². The maximum Gasteiger partial charge on any atom is 0.261 e. The first-order valence-corrected chi connectivity index (χ1v) is 6.46. The molecule has 0 aliphatic carbocycles. The molecule has 1 amide bonds. The molecule has 0 aliphatic heterocycles. The molecule has 0 saturated carbocycles. The lowest BCUT2D eigenvalue weighted by atomic mass is 10.1. The molecule has 2 N–H and O–H groups in total. The van der Waals surface area contributed by atoms with Gasteiger partial charge in [-0.2, -0.15) is 0 Å². The molecule has 0 heterocycles. The van der Waals surface area contributed by atoms with Crippen LogP contribution >= 0.6 is 0 Å². The molecule has 0 saturated heterocycles. The Morgan fingerprint density at radius 3 is 2.16 bits per heavy atom. The zero-order chi connectivity index (χ0) is 14.6. The van der Waals surface area contributed by atoms with E-state index in [1.165, 1.54) is 0 Å². The van der Waals surface area contributed by atoms with Gasteiger partial charge in [-0.05, 0) is 52.3 Å². The van der Waals surface area contributed by atoms with Crippen LogP contribution in [-0.2, 0) is 4.79 Å². The smallest absolute Gasteiger partial charge is 0.261 e. The quantitative estimate of drug-likeness (QED) is 0.879. The van der Waals surface area contributed by atoms with Gasteiger partial charge < -0.3 is 15.2 Å². The molecule has 1 rings (SSSR count). The highest BCUT2D eigenvalue weighted by Gasteiger charge is 2.20. The third-order valence-electron chi connectivity index (χ3n) is 2.54. The van der Waals surface area contributed by atoms with Gasteiger partial charge in [-0.1, -0.05) is 12.1 Å². The van der Waals surface area contributed by atoms with Gasteiger partial charge in [0.1, 0.15) is 5.75 Å². The van der Waals surface area contributed by atoms with E-state index in [0.717, 1.165) is 5.56 Å². The molecule has 1 unspecified atom stereocenters. The summed E-state index contributed by atoms with van der Waals surface area (Å²) in [4.78, 5) is 11.9. The fraction of sp³-hybridized carbons (Fsp3) is 0.533. The summed E-state index contributed by atoms with van der Waals surface area (Å²) in [5, 5.41) is 12.3. The van der Waals surface area contributed by atoms with Gasteiger partial charge in [-0.3, -0.25) is 4.79 Å². The average molecular weight is 265 g/mol. The first kappa shape index (κ1) is 15.5. The SMILES string of the molecule is CC(Oc1ccc([C@@H](C)O)cc1)C(=O)NC(C)(C)C. The van der Waals surface area contributed by atoms with Crippen LogP contribution in [0, 0.1) is 0 Å². The van der Waals surface area contributed by atoms with Crippen LogP contribution in [0.4, 0.5) is 0 Å². The summed E-state index contributed by atoms with van der Waals surface area (Å²) in [7, 11) is 0. The van der Waals surface area contributed by atoms with Crippen LogP contribution in [0.3, 0.4) is 0 Å². The Hall–Kier alpha value is -1.55. The third kappa shape index (κ3) is 5.30. The molecule has 4 heteroatoms. The summed E-state index contributed by atoms with van der Waals surface area (Å²) in [6.45, 7) is 9.19. The number of carbonyl (C=O) groups excluding carboxylic acids is 1. The zero-order valence-electron chi connectivity index (χ0n) is 12.2. The Morgan fingerprint density at radius 2 is 1.74 bits per heavy atom. The monoisotopic (exact) mass is 265 g/mol. The highest BCUT2D eigenvalue weighted by atomic mass is 16.5. The fourth-order valence-corrected chi connectivity index (χ4v) is 1.55. The van der Waals surface area contributed by atoms with Crippen LogP contribution < -0.4 is 10.1 Å². The maximum absolute atomic E-state index is 11.9. The third-order valence-corrected chi connectivity index (χ3v) is 2.54. The normalized spacial score (nSPS) is 14.6. The van der Waals surface area contributed by atoms with Crippen molar-refractivity contribution in [3.05, 3.63) is 29.8 Å². The van der Waals surface area contributed by atoms with E-state index in [1.807, 2.05) is 20.8 Å². The Balaban J connectivity index is 2.61. The largest absolute Gasteiger partial charge is 0.481 e. The minimum Gasteiger partial charge on any atom is -0.481 e. The lowest BCUT2D eigenvalue weighted by Crippen LogP contribution is -2.46. The topological polar surface area (TPSA) is 58.6 Å². The van der Waals surface area contributed by atoms with Crippen LogP contribution in [0.5, 0.6) is 5.75 Å². The first-order valence-electron chi connectivity index (χ1n) is 6.46. The van der Waals surface area contributed by atoms with Gasteiger partial charge in [0.15, 0.2) is 6.10 Å². The van der Waals surface area contributed by atoms with Gasteiger partial charge in [0.2, 0.25) is 0 Å². The molecule has 0 radical (unpaired) electrons. The fourth-order valence-electron chi connectivity index (χ4n) is 1.55. The molecular weight excluding hydrogens is 242 g/mol. The van der Waals surface area contributed by atoms with E-state index in [2.05, 4.69) is 5.32 Å². The molecule has 0 aromatic heterocycles. The summed E-state index contributed by atoms with van der Waals surface area (Å²) in [6, 6.07) is 7.08. The van der Waals surface area contributed by atoms with Crippen molar-refractivity contribution in [1.29, 1.82) is 0 Å². The molecule has 1 aromatic carbocycles. The van der Waals surface area contributed by atoms with Gasteiger partial charge in [0, 0.05) is 5.54 Å². The van der Waals surface area contributed by atoms with E-state index in [0.29, 0.717) is 5.75 Å². The molecule has 0 bridgehead atoms. The van der Waals surface area contributed by atoms with E-state index in [4.69, 9.17) is 4.74 Å². The summed E-state index contributed by atoms with van der Waals surface area (Å²) < 4.78 is 5.56. The molecule has 19 heavy (non-hydrogen) atoms. The predicted octanol–water partition coefficient (Wildman–Crippen LogP) is 2.42. The first-order chi connectivity index (χ1) is 8.69. The number of aliphatic hydroxyl groups is 1. The van der Waals surface area contributed by atoms with E-state index in [1.54, 1.807) is 38.1 Å². The van der Waals surface area contributed by atoms with Crippen molar-refractivity contribution >= 4 is 5.91 Å². The summed E-state index contributed by atoms with van der Waals surface area (Å²) in [6.07, 6.45) is -1.06. The van der Waals surface area contributed by atoms with Crippen LogP contribution in [-0.4, -0.2) is 22.7 Å². The molecule has 0 spiro atoms. The van der Waals surface area contributed by atoms with E-state index in [9.17, 15) is 9.90 Å². The Bertz CT molecular complexity index is 418.